The quantitative estimate of drug-likeness (QED) is 0.489. The van der Waals surface area contributed by atoms with Gasteiger partial charge in [-0.15, -0.1) is 0 Å². The molecule has 1 heterocycles. The molecule has 0 amide bonds. The molecule has 0 aliphatic carbocycles. The maximum absolute atomic E-state index is 13.9. The minimum atomic E-state index is -4.17. The second-order valence-corrected chi connectivity index (χ2v) is 8.99. The molecular weight excluding hydrogens is 416 g/mol. The molecule has 0 saturated carbocycles. The minimum Gasteiger partial charge on any atom is -0.490 e. The lowest BCUT2D eigenvalue weighted by Crippen LogP contribution is -2.41. The molecule has 0 spiro atoms. The number of ether oxygens (including phenoxy) is 2. The highest BCUT2D eigenvalue weighted by molar-refractivity contribution is 7.89. The van der Waals surface area contributed by atoms with Gasteiger partial charge >= 0.3 is 5.97 Å². The summed E-state index contributed by atoms with van der Waals surface area (Å²) in [5, 5.41) is 0. The normalized spacial score (nSPS) is 15.7. The van der Waals surface area contributed by atoms with Crippen LogP contribution in [-0.4, -0.2) is 45.0 Å². The Bertz CT molecular complexity index is 1000. The molecule has 1 fully saturated rings. The largest absolute Gasteiger partial charge is 0.490 e. The highest BCUT2D eigenvalue weighted by Crippen LogP contribution is 2.26. The fourth-order valence-electron chi connectivity index (χ4n) is 3.27. The van der Waals surface area contributed by atoms with Crippen LogP contribution >= 0.6 is 0 Å². The highest BCUT2D eigenvalue weighted by atomic mass is 32.2. The summed E-state index contributed by atoms with van der Waals surface area (Å²) in [6, 6.07) is 9.81. The van der Waals surface area contributed by atoms with Crippen molar-refractivity contribution in [2.24, 2.45) is 5.92 Å². The van der Waals surface area contributed by atoms with Crippen LogP contribution in [0.5, 0.6) is 5.75 Å². The molecule has 0 bridgehead atoms. The van der Waals surface area contributed by atoms with E-state index in [9.17, 15) is 22.0 Å². The first kappa shape index (κ1) is 22.2. The van der Waals surface area contributed by atoms with E-state index in [-0.39, 0.29) is 39.1 Å². The molecule has 1 saturated heterocycles. The monoisotopic (exact) mass is 439 g/mol. The number of nitrogens with zero attached hydrogens (tertiary/aromatic N) is 1. The Balaban J connectivity index is 1.47. The van der Waals surface area contributed by atoms with Gasteiger partial charge < -0.3 is 9.47 Å². The van der Waals surface area contributed by atoms with Gasteiger partial charge in [-0.2, -0.15) is 4.31 Å². The van der Waals surface area contributed by atoms with E-state index in [1.54, 1.807) is 0 Å². The van der Waals surface area contributed by atoms with E-state index in [4.69, 9.17) is 9.47 Å². The smallest absolute Gasteiger partial charge is 0.309 e. The second kappa shape index (κ2) is 9.53. The van der Waals surface area contributed by atoms with E-state index in [1.807, 2.05) is 31.2 Å². The van der Waals surface area contributed by atoms with Gasteiger partial charge in [-0.1, -0.05) is 12.1 Å². The van der Waals surface area contributed by atoms with E-state index in [2.05, 4.69) is 0 Å². The Morgan fingerprint density at radius 3 is 2.53 bits per heavy atom. The van der Waals surface area contributed by atoms with E-state index >= 15 is 0 Å². The average molecular weight is 439 g/mol. The van der Waals surface area contributed by atoms with Crippen LogP contribution in [0.2, 0.25) is 0 Å². The lowest BCUT2D eigenvalue weighted by Gasteiger charge is -2.30. The summed E-state index contributed by atoms with van der Waals surface area (Å²) in [4.78, 5) is 11.5. The summed E-state index contributed by atoms with van der Waals surface area (Å²) in [7, 11) is -4.17. The number of esters is 1. The summed E-state index contributed by atoms with van der Waals surface area (Å²) in [5.74, 6) is -2.02. The minimum absolute atomic E-state index is 0.0256. The zero-order chi connectivity index (χ0) is 21.7. The van der Waals surface area contributed by atoms with Crippen molar-refractivity contribution >= 4 is 16.0 Å². The molecule has 0 unspecified atom stereocenters. The molecule has 9 heteroatoms. The van der Waals surface area contributed by atoms with Crippen LogP contribution < -0.4 is 4.74 Å². The van der Waals surface area contributed by atoms with Gasteiger partial charge in [0, 0.05) is 13.1 Å². The number of carbonyl (C=O) groups excluding carboxylic acids is 1. The number of hydrogen-bond acceptors (Lipinski definition) is 5. The molecule has 0 radical (unpaired) electrons. The second-order valence-electron chi connectivity index (χ2n) is 7.09. The number of halogens is 2. The van der Waals surface area contributed by atoms with Crippen molar-refractivity contribution in [2.75, 3.05) is 26.3 Å². The van der Waals surface area contributed by atoms with Crippen molar-refractivity contribution in [2.45, 2.75) is 24.7 Å². The summed E-state index contributed by atoms with van der Waals surface area (Å²) in [6.07, 6.45) is 0.488. The third-order valence-electron chi connectivity index (χ3n) is 4.88. The number of piperidine rings is 1. The number of sulfonamides is 1. The first-order valence-corrected chi connectivity index (χ1v) is 11.0. The fourth-order valence-corrected chi connectivity index (χ4v) is 4.82. The number of hydrogen-bond donors (Lipinski definition) is 0. The topological polar surface area (TPSA) is 72.9 Å². The fraction of sp³-hybridized carbons (Fsp3) is 0.381. The molecule has 162 valence electrons. The van der Waals surface area contributed by atoms with Gasteiger partial charge in [0.15, 0.2) is 0 Å². The Labute approximate surface area is 174 Å². The summed E-state index contributed by atoms with van der Waals surface area (Å²) in [6.45, 7) is 2.29. The van der Waals surface area contributed by atoms with E-state index in [1.165, 1.54) is 0 Å². The Kier molecular flexibility index (Phi) is 7.04. The molecule has 2 aromatic carbocycles. The maximum Gasteiger partial charge on any atom is 0.309 e. The van der Waals surface area contributed by atoms with Crippen LogP contribution in [0, 0.1) is 24.5 Å². The van der Waals surface area contributed by atoms with Crippen molar-refractivity contribution in [3.8, 4) is 5.75 Å². The van der Waals surface area contributed by atoms with Crippen LogP contribution in [-0.2, 0) is 19.6 Å². The number of benzene rings is 2. The van der Waals surface area contributed by atoms with Gasteiger partial charge in [-0.05, 0) is 55.7 Å². The number of rotatable bonds is 7. The molecule has 2 aromatic rings. The van der Waals surface area contributed by atoms with Crippen molar-refractivity contribution in [1.82, 2.24) is 4.31 Å². The summed E-state index contributed by atoms with van der Waals surface area (Å²) in [5.41, 5.74) is 1.06. The van der Waals surface area contributed by atoms with Gasteiger partial charge in [0.1, 0.15) is 35.5 Å². The average Bonchev–Trinajstić information content (AvgIpc) is 2.73. The van der Waals surface area contributed by atoms with Gasteiger partial charge in [0.25, 0.3) is 0 Å². The van der Waals surface area contributed by atoms with Gasteiger partial charge in [-0.3, -0.25) is 4.79 Å². The Hall–Kier alpha value is -2.52. The Morgan fingerprint density at radius 2 is 1.83 bits per heavy atom. The predicted octanol–water partition coefficient (Wildman–Crippen LogP) is 3.30. The van der Waals surface area contributed by atoms with E-state index in [0.29, 0.717) is 11.8 Å². The highest BCUT2D eigenvalue weighted by Gasteiger charge is 2.34. The first-order valence-electron chi connectivity index (χ1n) is 9.58. The lowest BCUT2D eigenvalue weighted by atomic mass is 9.98. The number of carbonyl (C=O) groups is 1. The van der Waals surface area contributed by atoms with Crippen LogP contribution in [0.3, 0.4) is 0 Å². The van der Waals surface area contributed by atoms with Crippen molar-refractivity contribution < 1.29 is 31.5 Å². The standard InChI is InChI=1S/C21H23F2NO5S/c1-15-3-2-4-18(13-15)28-11-12-29-21(25)16-7-9-24(10-8-16)30(26,27)20-14-17(22)5-6-19(20)23/h2-6,13-14,16H,7-12H2,1H3. The van der Waals surface area contributed by atoms with Crippen molar-refractivity contribution in [3.05, 3.63) is 59.7 Å². The third-order valence-corrected chi connectivity index (χ3v) is 6.80. The van der Waals surface area contributed by atoms with Gasteiger partial charge in [0.05, 0.1) is 5.92 Å². The zero-order valence-electron chi connectivity index (χ0n) is 16.5. The number of aryl methyl sites for hydroxylation is 1. The molecule has 0 N–H and O–H groups in total. The SMILES string of the molecule is Cc1cccc(OCCOC(=O)C2CCN(S(=O)(=O)c3cc(F)ccc3F)CC2)c1. The summed E-state index contributed by atoms with van der Waals surface area (Å²) < 4.78 is 64.3. The predicted molar refractivity (Wildman–Crippen MR) is 105 cm³/mol. The molecule has 1 aliphatic rings. The van der Waals surface area contributed by atoms with Crippen LogP contribution in [0.25, 0.3) is 0 Å². The van der Waals surface area contributed by atoms with Crippen LogP contribution in [0.15, 0.2) is 47.4 Å². The molecular formula is C21H23F2NO5S. The molecule has 1 aliphatic heterocycles. The lowest BCUT2D eigenvalue weighted by molar-refractivity contribution is -0.150. The molecule has 3 rings (SSSR count). The Morgan fingerprint density at radius 1 is 1.10 bits per heavy atom. The molecule has 6 nitrogen and oxygen atoms in total. The summed E-state index contributed by atoms with van der Waals surface area (Å²) >= 11 is 0. The third kappa shape index (κ3) is 5.34. The van der Waals surface area contributed by atoms with Gasteiger partial charge in [-0.25, -0.2) is 17.2 Å². The van der Waals surface area contributed by atoms with Crippen molar-refractivity contribution in [1.29, 1.82) is 0 Å². The molecule has 30 heavy (non-hydrogen) atoms. The van der Waals surface area contributed by atoms with Gasteiger partial charge in [0.2, 0.25) is 10.0 Å². The van der Waals surface area contributed by atoms with E-state index < -0.39 is 38.4 Å². The molecule has 0 atom stereocenters. The molecule has 0 aromatic heterocycles. The first-order chi connectivity index (χ1) is 14.3. The van der Waals surface area contributed by atoms with Crippen LogP contribution in [0.1, 0.15) is 18.4 Å². The van der Waals surface area contributed by atoms with Crippen LogP contribution in [0.4, 0.5) is 8.78 Å². The maximum atomic E-state index is 13.9. The van der Waals surface area contributed by atoms with Crippen molar-refractivity contribution in [3.63, 3.8) is 0 Å². The van der Waals surface area contributed by atoms with E-state index in [0.717, 1.165) is 22.0 Å². The zero-order valence-corrected chi connectivity index (χ0v) is 17.3.